The van der Waals surface area contributed by atoms with Gasteiger partial charge in [-0.05, 0) is 69.0 Å². The van der Waals surface area contributed by atoms with E-state index in [2.05, 4.69) is 5.32 Å². The van der Waals surface area contributed by atoms with Gasteiger partial charge in [-0.2, -0.15) is 4.31 Å². The summed E-state index contributed by atoms with van der Waals surface area (Å²) in [7, 11) is -3.45. The second-order valence-electron chi connectivity index (χ2n) is 8.31. The second-order valence-corrected chi connectivity index (χ2v) is 10.3. The van der Waals surface area contributed by atoms with Gasteiger partial charge in [-0.15, -0.1) is 0 Å². The van der Waals surface area contributed by atoms with Crippen molar-refractivity contribution in [3.05, 3.63) is 59.7 Å². The minimum absolute atomic E-state index is 0.0850. The third-order valence-electron chi connectivity index (χ3n) is 5.35. The Hall–Kier alpha value is -2.38. The molecule has 0 aromatic heterocycles. The maximum absolute atomic E-state index is 12.8. The molecule has 1 N–H and O–H groups in total. The van der Waals surface area contributed by atoms with Crippen LogP contribution in [0.15, 0.2) is 53.4 Å². The molecular formula is C24H32N2O4S. The standard InChI is InChI=1S/C24H32N2O4S/c1-18(2)30-22-9-7-8-21(17-22)19(3)25-24(27)16-20-10-12-23(13-11-20)31(28,29)26-14-5-4-6-15-26/h7-13,17-19H,4-6,14-16H2,1-3H3,(H,25,27). The van der Waals surface area contributed by atoms with Crippen LogP contribution < -0.4 is 10.1 Å². The van der Waals surface area contributed by atoms with E-state index in [-0.39, 0.29) is 29.4 Å². The topological polar surface area (TPSA) is 75.7 Å². The molecule has 1 atom stereocenters. The van der Waals surface area contributed by atoms with Gasteiger partial charge in [0.1, 0.15) is 5.75 Å². The molecule has 0 radical (unpaired) electrons. The molecule has 0 bridgehead atoms. The number of amides is 1. The Morgan fingerprint density at radius 3 is 2.35 bits per heavy atom. The van der Waals surface area contributed by atoms with Crippen LogP contribution in [0.3, 0.4) is 0 Å². The quantitative estimate of drug-likeness (QED) is 0.666. The summed E-state index contributed by atoms with van der Waals surface area (Å²) in [5.74, 6) is 0.661. The molecule has 6 nitrogen and oxygen atoms in total. The van der Waals surface area contributed by atoms with Crippen LogP contribution in [0.4, 0.5) is 0 Å². The van der Waals surface area contributed by atoms with Crippen molar-refractivity contribution in [3.63, 3.8) is 0 Å². The number of nitrogens with zero attached hydrogens (tertiary/aromatic N) is 1. The van der Waals surface area contributed by atoms with Crippen LogP contribution in [0, 0.1) is 0 Å². The molecule has 31 heavy (non-hydrogen) atoms. The van der Waals surface area contributed by atoms with Crippen LogP contribution >= 0.6 is 0 Å². The summed E-state index contributed by atoms with van der Waals surface area (Å²) in [6, 6.07) is 14.2. The zero-order chi connectivity index (χ0) is 22.4. The molecule has 0 spiro atoms. The molecule has 1 heterocycles. The van der Waals surface area contributed by atoms with E-state index in [0.717, 1.165) is 36.1 Å². The van der Waals surface area contributed by atoms with Crippen molar-refractivity contribution >= 4 is 15.9 Å². The molecule has 1 amide bonds. The molecule has 1 fully saturated rings. The minimum atomic E-state index is -3.45. The number of sulfonamides is 1. The molecule has 0 saturated carbocycles. The van der Waals surface area contributed by atoms with E-state index in [0.29, 0.717) is 13.1 Å². The van der Waals surface area contributed by atoms with E-state index >= 15 is 0 Å². The maximum atomic E-state index is 12.8. The van der Waals surface area contributed by atoms with Crippen LogP contribution in [0.25, 0.3) is 0 Å². The lowest BCUT2D eigenvalue weighted by Gasteiger charge is -2.25. The van der Waals surface area contributed by atoms with E-state index in [4.69, 9.17) is 4.74 Å². The van der Waals surface area contributed by atoms with Crippen LogP contribution in [0.5, 0.6) is 5.75 Å². The van der Waals surface area contributed by atoms with Crippen molar-refractivity contribution in [2.24, 2.45) is 0 Å². The highest BCUT2D eigenvalue weighted by molar-refractivity contribution is 7.89. The summed E-state index contributed by atoms with van der Waals surface area (Å²) in [5, 5.41) is 3.00. The second kappa shape index (κ2) is 10.3. The molecule has 1 saturated heterocycles. The highest BCUT2D eigenvalue weighted by Gasteiger charge is 2.25. The van der Waals surface area contributed by atoms with Gasteiger partial charge in [0.2, 0.25) is 15.9 Å². The third-order valence-corrected chi connectivity index (χ3v) is 7.26. The predicted molar refractivity (Wildman–Crippen MR) is 122 cm³/mol. The number of piperidine rings is 1. The monoisotopic (exact) mass is 444 g/mol. The average molecular weight is 445 g/mol. The molecule has 2 aromatic rings. The van der Waals surface area contributed by atoms with Gasteiger partial charge in [0, 0.05) is 13.1 Å². The first-order valence-electron chi connectivity index (χ1n) is 10.9. The Bertz CT molecular complexity index is 981. The van der Waals surface area contributed by atoms with E-state index in [1.54, 1.807) is 28.6 Å². The Morgan fingerprint density at radius 1 is 1.03 bits per heavy atom. The maximum Gasteiger partial charge on any atom is 0.243 e. The number of ether oxygens (including phenoxy) is 1. The van der Waals surface area contributed by atoms with Gasteiger partial charge in [0.05, 0.1) is 23.5 Å². The molecule has 3 rings (SSSR count). The van der Waals surface area contributed by atoms with E-state index in [1.807, 2.05) is 45.0 Å². The molecule has 0 aliphatic carbocycles. The number of nitrogens with one attached hydrogen (secondary N) is 1. The van der Waals surface area contributed by atoms with Crippen molar-refractivity contribution in [2.75, 3.05) is 13.1 Å². The normalized spacial score (nSPS) is 16.1. The number of hydrogen-bond acceptors (Lipinski definition) is 4. The average Bonchev–Trinajstić information content (AvgIpc) is 2.74. The highest BCUT2D eigenvalue weighted by Crippen LogP contribution is 2.22. The SMILES string of the molecule is CC(C)Oc1cccc(C(C)NC(=O)Cc2ccc(S(=O)(=O)N3CCCCC3)cc2)c1. The smallest absolute Gasteiger partial charge is 0.243 e. The first kappa shape index (κ1) is 23.3. The van der Waals surface area contributed by atoms with Gasteiger partial charge >= 0.3 is 0 Å². The number of hydrogen-bond donors (Lipinski definition) is 1. The van der Waals surface area contributed by atoms with Crippen LogP contribution in [-0.4, -0.2) is 37.8 Å². The first-order valence-corrected chi connectivity index (χ1v) is 12.3. The molecule has 168 valence electrons. The van der Waals surface area contributed by atoms with Crippen LogP contribution in [0.1, 0.15) is 57.2 Å². The molecule has 1 aliphatic heterocycles. The lowest BCUT2D eigenvalue weighted by molar-refractivity contribution is -0.121. The molecular weight excluding hydrogens is 412 g/mol. The van der Waals surface area contributed by atoms with Crippen molar-refractivity contribution < 1.29 is 17.9 Å². The predicted octanol–water partition coefficient (Wildman–Crippen LogP) is 4.07. The molecule has 7 heteroatoms. The number of benzene rings is 2. The Labute approximate surface area is 185 Å². The van der Waals surface area contributed by atoms with Gasteiger partial charge in [-0.25, -0.2) is 8.42 Å². The minimum Gasteiger partial charge on any atom is -0.491 e. The highest BCUT2D eigenvalue weighted by atomic mass is 32.2. The van der Waals surface area contributed by atoms with E-state index in [9.17, 15) is 13.2 Å². The van der Waals surface area contributed by atoms with Gasteiger partial charge < -0.3 is 10.1 Å². The summed E-state index contributed by atoms with van der Waals surface area (Å²) < 4.78 is 32.8. The number of rotatable bonds is 8. The number of carbonyl (C=O) groups excluding carboxylic acids is 1. The summed E-state index contributed by atoms with van der Waals surface area (Å²) in [6.07, 6.45) is 3.16. The largest absolute Gasteiger partial charge is 0.491 e. The van der Waals surface area contributed by atoms with E-state index < -0.39 is 10.0 Å². The van der Waals surface area contributed by atoms with Crippen LogP contribution in [0.2, 0.25) is 0 Å². The fraction of sp³-hybridized carbons (Fsp3) is 0.458. The van der Waals surface area contributed by atoms with E-state index in [1.165, 1.54) is 0 Å². The summed E-state index contributed by atoms with van der Waals surface area (Å²) in [4.78, 5) is 12.8. The summed E-state index contributed by atoms with van der Waals surface area (Å²) in [6.45, 7) is 7.03. The van der Waals surface area contributed by atoms with Gasteiger partial charge in [0.25, 0.3) is 0 Å². The first-order chi connectivity index (χ1) is 14.8. The third kappa shape index (κ3) is 6.31. The zero-order valence-electron chi connectivity index (χ0n) is 18.5. The van der Waals surface area contributed by atoms with Gasteiger partial charge in [-0.1, -0.05) is 30.7 Å². The summed E-state index contributed by atoms with van der Waals surface area (Å²) >= 11 is 0. The number of carbonyl (C=O) groups is 1. The van der Waals surface area contributed by atoms with Crippen molar-refractivity contribution in [2.45, 2.75) is 63.5 Å². The Kier molecular flexibility index (Phi) is 7.73. The zero-order valence-corrected chi connectivity index (χ0v) is 19.3. The van der Waals surface area contributed by atoms with Crippen molar-refractivity contribution in [1.82, 2.24) is 9.62 Å². The van der Waals surface area contributed by atoms with Gasteiger partial charge in [0.15, 0.2) is 0 Å². The lowest BCUT2D eigenvalue weighted by Crippen LogP contribution is -2.35. The Balaban J connectivity index is 1.59. The Morgan fingerprint density at radius 2 is 1.71 bits per heavy atom. The van der Waals surface area contributed by atoms with Gasteiger partial charge in [-0.3, -0.25) is 4.79 Å². The lowest BCUT2D eigenvalue weighted by atomic mass is 10.1. The molecule has 2 aromatic carbocycles. The molecule has 1 aliphatic rings. The van der Waals surface area contributed by atoms with Crippen molar-refractivity contribution in [3.8, 4) is 5.75 Å². The van der Waals surface area contributed by atoms with Crippen LogP contribution in [-0.2, 0) is 21.2 Å². The fourth-order valence-corrected chi connectivity index (χ4v) is 5.24. The van der Waals surface area contributed by atoms with Crippen molar-refractivity contribution in [1.29, 1.82) is 0 Å². The molecule has 1 unspecified atom stereocenters. The fourth-order valence-electron chi connectivity index (χ4n) is 3.72. The summed E-state index contributed by atoms with van der Waals surface area (Å²) in [5.41, 5.74) is 1.74.